The van der Waals surface area contributed by atoms with Crippen LogP contribution in [0.4, 0.5) is 0 Å². The summed E-state index contributed by atoms with van der Waals surface area (Å²) in [6.07, 6.45) is 7.71. The summed E-state index contributed by atoms with van der Waals surface area (Å²) in [5.41, 5.74) is 0.860. The largest absolute Gasteiger partial charge is 0.456 e. The van der Waals surface area contributed by atoms with Crippen LogP contribution < -0.4 is 0 Å². The molecule has 0 spiro atoms. The van der Waals surface area contributed by atoms with E-state index in [1.807, 2.05) is 6.07 Å². The molecule has 5 rings (SSSR count). The lowest BCUT2D eigenvalue weighted by Gasteiger charge is -2.59. The minimum atomic E-state index is -0.513. The maximum Gasteiger partial charge on any atom is 0.344 e. The average Bonchev–Trinajstić information content (AvgIpc) is 2.64. The third kappa shape index (κ3) is 3.06. The van der Waals surface area contributed by atoms with Gasteiger partial charge in [0, 0.05) is 0 Å². The van der Waals surface area contributed by atoms with Crippen molar-refractivity contribution in [1.29, 1.82) is 0 Å². The van der Waals surface area contributed by atoms with Crippen molar-refractivity contribution in [2.75, 3.05) is 6.61 Å². The average molecular weight is 354 g/mol. The molecule has 0 aliphatic heterocycles. The van der Waals surface area contributed by atoms with Crippen molar-refractivity contribution >= 4 is 18.0 Å². The first-order valence-corrected chi connectivity index (χ1v) is 9.59. The molecular formula is C22H26O4. The standard InChI is InChI=1S/C22H26O4/c1-3-14-5-4-6-17(8-14)21(24)25-13-20(23)26-22(2)18-9-15-7-16(11-18)12-19(22)10-15/h3-6,8,15-16,18-19H,1,7,9-13H2,2H3. The summed E-state index contributed by atoms with van der Waals surface area (Å²) in [4.78, 5) is 24.6. The molecule has 1 aromatic rings. The van der Waals surface area contributed by atoms with Gasteiger partial charge in [-0.2, -0.15) is 0 Å². The molecule has 4 fully saturated rings. The minimum absolute atomic E-state index is 0.334. The van der Waals surface area contributed by atoms with E-state index in [0.717, 1.165) is 17.4 Å². The highest BCUT2D eigenvalue weighted by Crippen LogP contribution is 2.59. The van der Waals surface area contributed by atoms with Crippen LogP contribution >= 0.6 is 0 Å². The quantitative estimate of drug-likeness (QED) is 0.742. The summed E-state index contributed by atoms with van der Waals surface area (Å²) in [5.74, 6) is 1.61. The molecule has 1 aromatic carbocycles. The summed E-state index contributed by atoms with van der Waals surface area (Å²) in [5, 5.41) is 0. The van der Waals surface area contributed by atoms with Crippen LogP contribution in [0, 0.1) is 23.7 Å². The van der Waals surface area contributed by atoms with Gasteiger partial charge in [0.2, 0.25) is 0 Å². The van der Waals surface area contributed by atoms with Gasteiger partial charge in [-0.05, 0) is 80.4 Å². The first-order valence-electron chi connectivity index (χ1n) is 9.59. The fourth-order valence-corrected chi connectivity index (χ4v) is 5.56. The molecule has 0 saturated heterocycles. The second-order valence-electron chi connectivity index (χ2n) is 8.37. The van der Waals surface area contributed by atoms with E-state index in [1.165, 1.54) is 32.1 Å². The summed E-state index contributed by atoms with van der Waals surface area (Å²) >= 11 is 0. The highest BCUT2D eigenvalue weighted by atomic mass is 16.6. The van der Waals surface area contributed by atoms with Crippen molar-refractivity contribution in [3.8, 4) is 0 Å². The Morgan fingerprint density at radius 1 is 1.15 bits per heavy atom. The third-order valence-electron chi connectivity index (χ3n) is 6.77. The first kappa shape index (κ1) is 17.3. The van der Waals surface area contributed by atoms with Crippen molar-refractivity contribution in [2.45, 2.75) is 44.6 Å². The van der Waals surface area contributed by atoms with Gasteiger partial charge in [0.1, 0.15) is 5.60 Å². The van der Waals surface area contributed by atoms with Crippen LogP contribution in [-0.2, 0) is 14.3 Å². The molecule has 4 bridgehead atoms. The molecule has 0 unspecified atom stereocenters. The fraction of sp³-hybridized carbons (Fsp3) is 0.545. The van der Waals surface area contributed by atoms with Crippen LogP contribution in [0.5, 0.6) is 0 Å². The van der Waals surface area contributed by atoms with Crippen LogP contribution in [-0.4, -0.2) is 24.1 Å². The molecule has 138 valence electrons. The Morgan fingerprint density at radius 2 is 1.81 bits per heavy atom. The van der Waals surface area contributed by atoms with Crippen molar-refractivity contribution in [3.63, 3.8) is 0 Å². The Morgan fingerprint density at radius 3 is 2.42 bits per heavy atom. The van der Waals surface area contributed by atoms with E-state index in [1.54, 1.807) is 24.3 Å². The second-order valence-corrected chi connectivity index (χ2v) is 8.37. The van der Waals surface area contributed by atoms with E-state index in [4.69, 9.17) is 9.47 Å². The van der Waals surface area contributed by atoms with Gasteiger partial charge >= 0.3 is 11.9 Å². The Bertz CT molecular complexity index is 707. The zero-order valence-electron chi connectivity index (χ0n) is 15.3. The van der Waals surface area contributed by atoms with Gasteiger partial charge in [-0.3, -0.25) is 0 Å². The Kier molecular flexibility index (Phi) is 4.37. The maximum atomic E-state index is 12.4. The molecule has 4 heteroatoms. The van der Waals surface area contributed by atoms with Gasteiger partial charge in [-0.1, -0.05) is 24.8 Å². The van der Waals surface area contributed by atoms with Crippen LogP contribution in [0.3, 0.4) is 0 Å². The zero-order chi connectivity index (χ0) is 18.3. The lowest BCUT2D eigenvalue weighted by molar-refractivity contribution is -0.205. The van der Waals surface area contributed by atoms with E-state index in [9.17, 15) is 9.59 Å². The van der Waals surface area contributed by atoms with Crippen molar-refractivity contribution in [3.05, 3.63) is 42.0 Å². The molecule has 0 aromatic heterocycles. The van der Waals surface area contributed by atoms with E-state index in [-0.39, 0.29) is 12.2 Å². The highest BCUT2D eigenvalue weighted by molar-refractivity contribution is 5.91. The van der Waals surface area contributed by atoms with Gasteiger partial charge in [0.05, 0.1) is 5.56 Å². The van der Waals surface area contributed by atoms with E-state index in [0.29, 0.717) is 17.4 Å². The monoisotopic (exact) mass is 354 g/mol. The summed E-state index contributed by atoms with van der Waals surface area (Å²) in [6.45, 7) is 5.44. The molecule has 0 radical (unpaired) electrons. The number of hydrogen-bond acceptors (Lipinski definition) is 4. The molecule has 0 amide bonds. The Labute approximate surface area is 154 Å². The number of carbonyl (C=O) groups excluding carboxylic acids is 2. The van der Waals surface area contributed by atoms with Crippen molar-refractivity contribution in [2.24, 2.45) is 23.7 Å². The van der Waals surface area contributed by atoms with Crippen LogP contribution in [0.2, 0.25) is 0 Å². The molecule has 4 nitrogen and oxygen atoms in total. The maximum absolute atomic E-state index is 12.4. The summed E-state index contributed by atoms with van der Waals surface area (Å²) < 4.78 is 11.1. The normalized spacial score (nSPS) is 34.3. The fourth-order valence-electron chi connectivity index (χ4n) is 5.56. The summed E-state index contributed by atoms with van der Waals surface area (Å²) in [6, 6.07) is 6.98. The predicted octanol–water partition coefficient (Wildman–Crippen LogP) is 4.24. The molecule has 0 heterocycles. The molecular weight excluding hydrogens is 328 g/mol. The van der Waals surface area contributed by atoms with Gasteiger partial charge in [-0.15, -0.1) is 0 Å². The van der Waals surface area contributed by atoms with Gasteiger partial charge in [0.15, 0.2) is 6.61 Å². The van der Waals surface area contributed by atoms with Crippen molar-refractivity contribution in [1.82, 2.24) is 0 Å². The van der Waals surface area contributed by atoms with Crippen LogP contribution in [0.1, 0.15) is 54.9 Å². The van der Waals surface area contributed by atoms with E-state index < -0.39 is 11.9 Å². The number of esters is 2. The smallest absolute Gasteiger partial charge is 0.344 e. The number of hydrogen-bond donors (Lipinski definition) is 0. The van der Waals surface area contributed by atoms with E-state index >= 15 is 0 Å². The number of ether oxygens (including phenoxy) is 2. The highest BCUT2D eigenvalue weighted by Gasteiger charge is 2.57. The summed E-state index contributed by atoms with van der Waals surface area (Å²) in [7, 11) is 0. The molecule has 4 aliphatic rings. The number of benzene rings is 1. The molecule has 26 heavy (non-hydrogen) atoms. The van der Waals surface area contributed by atoms with Crippen molar-refractivity contribution < 1.29 is 19.1 Å². The number of rotatable bonds is 5. The van der Waals surface area contributed by atoms with Crippen LogP contribution in [0.15, 0.2) is 30.8 Å². The number of carbonyl (C=O) groups is 2. The zero-order valence-corrected chi connectivity index (χ0v) is 15.3. The topological polar surface area (TPSA) is 52.6 Å². The lowest BCUT2D eigenvalue weighted by Crippen LogP contribution is -2.58. The van der Waals surface area contributed by atoms with Gasteiger partial charge < -0.3 is 9.47 Å². The predicted molar refractivity (Wildman–Crippen MR) is 98.4 cm³/mol. The Hall–Kier alpha value is -2.10. The minimum Gasteiger partial charge on any atom is -0.456 e. The van der Waals surface area contributed by atoms with Gasteiger partial charge in [-0.25, -0.2) is 9.59 Å². The SMILES string of the molecule is C=Cc1cccc(C(=O)OCC(=O)OC2(C)C3CC4CC(C3)CC2C4)c1. The molecule has 4 aliphatic carbocycles. The molecule has 4 saturated carbocycles. The molecule has 0 N–H and O–H groups in total. The molecule has 0 atom stereocenters. The van der Waals surface area contributed by atoms with Crippen LogP contribution in [0.25, 0.3) is 6.08 Å². The third-order valence-corrected chi connectivity index (χ3v) is 6.77. The van der Waals surface area contributed by atoms with E-state index in [2.05, 4.69) is 13.5 Å². The Balaban J connectivity index is 1.35. The second kappa shape index (κ2) is 6.57. The first-order chi connectivity index (χ1) is 12.5. The lowest BCUT2D eigenvalue weighted by atomic mass is 9.50. The van der Waals surface area contributed by atoms with Gasteiger partial charge in [0.25, 0.3) is 0 Å².